The van der Waals surface area contributed by atoms with Gasteiger partial charge in [-0.2, -0.15) is 0 Å². The van der Waals surface area contributed by atoms with Gasteiger partial charge in [-0.25, -0.2) is 9.59 Å². The molecular weight excluding hydrogens is 362 g/mol. The topological polar surface area (TPSA) is 150 Å². The van der Waals surface area contributed by atoms with Crippen molar-refractivity contribution >= 4 is 11.9 Å². The van der Waals surface area contributed by atoms with Gasteiger partial charge >= 0.3 is 11.9 Å². The first-order valence-electron chi connectivity index (χ1n) is 8.97. The third-order valence-corrected chi connectivity index (χ3v) is 4.65. The van der Waals surface area contributed by atoms with Crippen LogP contribution >= 0.6 is 0 Å². The van der Waals surface area contributed by atoms with E-state index in [1.54, 1.807) is 12.1 Å². The van der Waals surface area contributed by atoms with Gasteiger partial charge in [0, 0.05) is 5.92 Å². The van der Waals surface area contributed by atoms with Gasteiger partial charge in [0.2, 0.25) is 0 Å². The number of carboxylic acids is 2. The van der Waals surface area contributed by atoms with Gasteiger partial charge < -0.3 is 26.6 Å². The first-order valence-corrected chi connectivity index (χ1v) is 8.97. The maximum atomic E-state index is 11.3. The van der Waals surface area contributed by atoms with Gasteiger partial charge in [-0.15, -0.1) is 0 Å². The van der Waals surface area contributed by atoms with E-state index >= 15 is 0 Å². The lowest BCUT2D eigenvalue weighted by molar-refractivity contribution is 0.0682. The number of aromatic hydroxyl groups is 2. The van der Waals surface area contributed by atoms with Crippen LogP contribution in [0.3, 0.4) is 0 Å². The number of rotatable bonds is 9. The maximum absolute atomic E-state index is 11.3. The fourth-order valence-electron chi connectivity index (χ4n) is 3.18. The molecule has 0 aliphatic rings. The Bertz CT molecular complexity index is 770. The molecule has 0 spiro atoms. The molecule has 0 amide bonds. The van der Waals surface area contributed by atoms with Crippen LogP contribution in [0.2, 0.25) is 0 Å². The minimum absolute atomic E-state index is 0. The van der Waals surface area contributed by atoms with E-state index in [0.29, 0.717) is 17.5 Å². The predicted molar refractivity (Wildman–Crippen MR) is 106 cm³/mol. The Balaban J connectivity index is 0.00000392. The first-order chi connectivity index (χ1) is 12.8. The van der Waals surface area contributed by atoms with Gasteiger partial charge in [0.05, 0.1) is 0 Å². The molecule has 0 aromatic heterocycles. The molecular formula is C21H27NO6. The van der Waals surface area contributed by atoms with Crippen molar-refractivity contribution in [3.63, 3.8) is 0 Å². The van der Waals surface area contributed by atoms with Crippen LogP contribution in [0, 0.1) is 0 Å². The molecule has 0 aliphatic carbocycles. The van der Waals surface area contributed by atoms with Gasteiger partial charge in [0.15, 0.2) is 0 Å². The van der Waals surface area contributed by atoms with Crippen molar-refractivity contribution < 1.29 is 30.0 Å². The number of carbonyl (C=O) groups is 2. The Morgan fingerprint density at radius 3 is 1.68 bits per heavy atom. The smallest absolute Gasteiger partial charge is 0.339 e. The van der Waals surface area contributed by atoms with Crippen molar-refractivity contribution in [1.29, 1.82) is 0 Å². The molecule has 2 aromatic carbocycles. The molecule has 7 nitrogen and oxygen atoms in total. The van der Waals surface area contributed by atoms with Crippen LogP contribution in [0.5, 0.6) is 11.5 Å². The Morgan fingerprint density at radius 1 is 0.821 bits per heavy atom. The highest BCUT2D eigenvalue weighted by molar-refractivity contribution is 5.91. The summed E-state index contributed by atoms with van der Waals surface area (Å²) < 4.78 is 0. The van der Waals surface area contributed by atoms with Gasteiger partial charge in [0.25, 0.3) is 0 Å². The Kier molecular flexibility index (Phi) is 8.47. The second kappa shape index (κ2) is 10.3. The molecule has 0 saturated heterocycles. The molecule has 7 N–H and O–H groups in total. The van der Waals surface area contributed by atoms with Crippen LogP contribution in [0.15, 0.2) is 36.4 Å². The molecule has 0 atom stereocenters. The molecule has 7 heteroatoms. The van der Waals surface area contributed by atoms with Crippen LogP contribution < -0.4 is 6.15 Å². The van der Waals surface area contributed by atoms with Crippen molar-refractivity contribution in [2.24, 2.45) is 0 Å². The van der Waals surface area contributed by atoms with Gasteiger partial charge in [-0.3, -0.25) is 0 Å². The summed E-state index contributed by atoms with van der Waals surface area (Å²) in [5.74, 6) is -3.31. The molecule has 0 aliphatic heterocycles. The van der Waals surface area contributed by atoms with Crippen LogP contribution in [0.4, 0.5) is 0 Å². The summed E-state index contributed by atoms with van der Waals surface area (Å²) >= 11 is 0. The maximum Gasteiger partial charge on any atom is 0.339 e. The van der Waals surface area contributed by atoms with E-state index in [1.807, 2.05) is 0 Å². The standard InChI is InChI=1S/C21H24O6.H3N/c1-2-3-4-5-6-15(13-7-9-18(22)16(11-13)20(24)25)14-8-10-19(23)17(12-14)21(26)27;/h7-12,15,22-23H,2-6H2,1H3,(H,24,25)(H,26,27);1H3. The van der Waals surface area contributed by atoms with Gasteiger partial charge in [0.1, 0.15) is 22.6 Å². The Hall–Kier alpha value is -3.06. The van der Waals surface area contributed by atoms with E-state index in [2.05, 4.69) is 6.92 Å². The second-order valence-corrected chi connectivity index (χ2v) is 6.57. The fraction of sp³-hybridized carbons (Fsp3) is 0.333. The SMILES string of the molecule is CCCCCCC(c1ccc(O)c(C(=O)O)c1)c1ccc(O)c(C(=O)O)c1.N. The number of unbranched alkanes of at least 4 members (excludes halogenated alkanes) is 3. The number of benzene rings is 2. The van der Waals surface area contributed by atoms with Crippen molar-refractivity contribution in [2.45, 2.75) is 44.9 Å². The van der Waals surface area contributed by atoms with Crippen molar-refractivity contribution in [2.75, 3.05) is 0 Å². The molecule has 0 saturated carbocycles. The van der Waals surface area contributed by atoms with Gasteiger partial charge in [-0.05, 0) is 41.8 Å². The Labute approximate surface area is 163 Å². The van der Waals surface area contributed by atoms with Crippen molar-refractivity contribution in [1.82, 2.24) is 6.15 Å². The molecule has 0 bridgehead atoms. The zero-order valence-corrected chi connectivity index (χ0v) is 15.9. The number of aromatic carboxylic acids is 2. The van der Waals surface area contributed by atoms with E-state index < -0.39 is 11.9 Å². The normalized spacial score (nSPS) is 10.5. The molecule has 0 heterocycles. The molecule has 2 rings (SSSR count). The van der Waals surface area contributed by atoms with E-state index in [1.165, 1.54) is 24.3 Å². The number of carboxylic acid groups (broad SMARTS) is 2. The first kappa shape index (κ1) is 23.0. The molecule has 0 unspecified atom stereocenters. The Morgan fingerprint density at radius 2 is 1.29 bits per heavy atom. The lowest BCUT2D eigenvalue weighted by atomic mass is 9.85. The molecule has 0 radical (unpaired) electrons. The van der Waals surface area contributed by atoms with E-state index in [-0.39, 0.29) is 34.7 Å². The average molecular weight is 389 g/mol. The highest BCUT2D eigenvalue weighted by atomic mass is 16.4. The third kappa shape index (κ3) is 5.47. The third-order valence-electron chi connectivity index (χ3n) is 4.65. The lowest BCUT2D eigenvalue weighted by Gasteiger charge is -2.20. The van der Waals surface area contributed by atoms with Crippen molar-refractivity contribution in [3.8, 4) is 11.5 Å². The van der Waals surface area contributed by atoms with Crippen LogP contribution in [-0.2, 0) is 0 Å². The van der Waals surface area contributed by atoms with E-state index in [4.69, 9.17) is 0 Å². The second-order valence-electron chi connectivity index (χ2n) is 6.57. The summed E-state index contributed by atoms with van der Waals surface area (Å²) in [6, 6.07) is 8.84. The molecule has 152 valence electrons. The lowest BCUT2D eigenvalue weighted by Crippen LogP contribution is -2.06. The van der Waals surface area contributed by atoms with Crippen LogP contribution in [0.1, 0.15) is 76.8 Å². The summed E-state index contributed by atoms with van der Waals surface area (Å²) in [6.45, 7) is 2.11. The highest BCUT2D eigenvalue weighted by Crippen LogP contribution is 2.34. The summed E-state index contributed by atoms with van der Waals surface area (Å²) in [7, 11) is 0. The predicted octanol–water partition coefficient (Wildman–Crippen LogP) is 4.76. The summed E-state index contributed by atoms with van der Waals surface area (Å²) in [4.78, 5) is 22.7. The van der Waals surface area contributed by atoms with E-state index in [0.717, 1.165) is 25.7 Å². The zero-order chi connectivity index (χ0) is 20.0. The minimum atomic E-state index is -1.23. The quantitative estimate of drug-likeness (QED) is 0.388. The fourth-order valence-corrected chi connectivity index (χ4v) is 3.18. The van der Waals surface area contributed by atoms with E-state index in [9.17, 15) is 30.0 Å². The number of hydrogen-bond acceptors (Lipinski definition) is 5. The summed E-state index contributed by atoms with van der Waals surface area (Å²) in [6.07, 6.45) is 4.77. The summed E-state index contributed by atoms with van der Waals surface area (Å²) in [5, 5.41) is 38.1. The van der Waals surface area contributed by atoms with Crippen LogP contribution in [0.25, 0.3) is 0 Å². The highest BCUT2D eigenvalue weighted by Gasteiger charge is 2.20. The van der Waals surface area contributed by atoms with Crippen molar-refractivity contribution in [3.05, 3.63) is 58.7 Å². The molecule has 28 heavy (non-hydrogen) atoms. The minimum Gasteiger partial charge on any atom is -0.507 e. The average Bonchev–Trinajstić information content (AvgIpc) is 2.63. The monoisotopic (exact) mass is 389 g/mol. The molecule has 2 aromatic rings. The summed E-state index contributed by atoms with van der Waals surface area (Å²) in [5.41, 5.74) is 0.985. The van der Waals surface area contributed by atoms with Gasteiger partial charge in [-0.1, -0.05) is 44.7 Å². The number of hydrogen-bond donors (Lipinski definition) is 5. The van der Waals surface area contributed by atoms with Crippen LogP contribution in [-0.4, -0.2) is 32.4 Å². The molecule has 0 fully saturated rings. The largest absolute Gasteiger partial charge is 0.507 e. The number of phenols is 2. The zero-order valence-electron chi connectivity index (χ0n) is 15.9.